The molecule has 0 aliphatic carbocycles. The van der Waals surface area contributed by atoms with Gasteiger partial charge in [-0.2, -0.15) is 5.10 Å². The zero-order chi connectivity index (χ0) is 21.4. The van der Waals surface area contributed by atoms with Crippen LogP contribution in [0.25, 0.3) is 33.1 Å². The molecule has 152 valence electrons. The first-order valence-electron chi connectivity index (χ1n) is 9.58. The topological polar surface area (TPSA) is 75.6 Å². The Bertz CT molecular complexity index is 1490. The maximum Gasteiger partial charge on any atom is 0.244 e. The van der Waals surface area contributed by atoms with Crippen molar-refractivity contribution < 1.29 is 4.79 Å². The number of hydrogen-bond donors (Lipinski definition) is 2. The Morgan fingerprint density at radius 1 is 1.03 bits per heavy atom. The van der Waals surface area contributed by atoms with Crippen molar-refractivity contribution >= 4 is 57.1 Å². The van der Waals surface area contributed by atoms with Crippen molar-refractivity contribution in [2.75, 3.05) is 5.32 Å². The minimum Gasteiger partial charge on any atom is -0.325 e. The quantitative estimate of drug-likeness (QED) is 0.214. The molecule has 0 fully saturated rings. The number of amides is 1. The zero-order valence-electron chi connectivity index (χ0n) is 16.2. The van der Waals surface area contributed by atoms with Crippen LogP contribution in [0.15, 0.2) is 72.8 Å². The number of para-hydroxylation sites is 1. The highest BCUT2D eigenvalue weighted by molar-refractivity contribution is 7.71. The van der Waals surface area contributed by atoms with Crippen molar-refractivity contribution in [3.05, 3.63) is 82.7 Å². The number of aromatic amines is 1. The van der Waals surface area contributed by atoms with Crippen LogP contribution in [-0.2, 0) is 11.3 Å². The number of nitrogens with one attached hydrogen (secondary N) is 2. The lowest BCUT2D eigenvalue weighted by atomic mass is 10.0. The molecule has 8 heteroatoms. The van der Waals surface area contributed by atoms with Crippen LogP contribution in [0, 0.1) is 4.77 Å². The molecule has 0 atom stereocenters. The molecule has 0 bridgehead atoms. The molecule has 2 aromatic heterocycles. The number of pyridine rings is 1. The average Bonchev–Trinajstić information content (AvgIpc) is 3.13. The van der Waals surface area contributed by atoms with Gasteiger partial charge in [0.15, 0.2) is 10.6 Å². The second kappa shape index (κ2) is 7.94. The summed E-state index contributed by atoms with van der Waals surface area (Å²) in [6.45, 7) is -0.0105. The third kappa shape index (κ3) is 3.69. The summed E-state index contributed by atoms with van der Waals surface area (Å²) < 4.78 is 1.94. The fourth-order valence-electron chi connectivity index (χ4n) is 3.60. The number of H-pyrrole nitrogens is 1. The fraction of sp³-hybridized carbons (Fsp3) is 0.0435. The molecule has 0 spiro atoms. The number of rotatable bonds is 4. The summed E-state index contributed by atoms with van der Waals surface area (Å²) in [7, 11) is 0. The van der Waals surface area contributed by atoms with Gasteiger partial charge in [-0.05, 0) is 47.3 Å². The molecule has 0 saturated carbocycles. The fourth-order valence-corrected chi connectivity index (χ4v) is 4.02. The Labute approximate surface area is 187 Å². The van der Waals surface area contributed by atoms with E-state index in [9.17, 15) is 4.79 Å². The molecule has 0 aliphatic heterocycles. The SMILES string of the molecule is O=C(Cn1c(-c2cc3c(ccc4ccccc43)nc2Cl)n[nH]c1=S)Nc1ccccc1. The summed E-state index contributed by atoms with van der Waals surface area (Å²) in [5.74, 6) is 0.237. The molecular formula is C23H16ClN5OS. The summed E-state index contributed by atoms with van der Waals surface area (Å²) in [5.41, 5.74) is 2.10. The molecule has 5 rings (SSSR count). The first-order valence-corrected chi connectivity index (χ1v) is 10.4. The van der Waals surface area contributed by atoms with E-state index in [1.165, 1.54) is 0 Å². The van der Waals surface area contributed by atoms with E-state index in [1.54, 1.807) is 4.57 Å². The van der Waals surface area contributed by atoms with Crippen molar-refractivity contribution in [2.24, 2.45) is 0 Å². The summed E-state index contributed by atoms with van der Waals surface area (Å²) in [4.78, 5) is 17.2. The highest BCUT2D eigenvalue weighted by atomic mass is 35.5. The Kier molecular flexibility index (Phi) is 4.97. The first-order chi connectivity index (χ1) is 15.1. The molecule has 6 nitrogen and oxygen atoms in total. The van der Waals surface area contributed by atoms with Gasteiger partial charge in [0, 0.05) is 11.1 Å². The van der Waals surface area contributed by atoms with Gasteiger partial charge in [0.1, 0.15) is 11.7 Å². The van der Waals surface area contributed by atoms with Gasteiger partial charge < -0.3 is 5.32 Å². The summed E-state index contributed by atoms with van der Waals surface area (Å²) >= 11 is 11.9. The highest BCUT2D eigenvalue weighted by Crippen LogP contribution is 2.32. The van der Waals surface area contributed by atoms with E-state index in [2.05, 4.69) is 20.5 Å². The standard InChI is InChI=1S/C23H16ClN5OS/c24-21-18(12-17-16-9-5-4-6-14(16)10-11-19(17)26-21)22-27-28-23(31)29(22)13-20(30)25-15-7-2-1-3-8-15/h1-12H,13H2,(H,25,30)(H,28,31). The number of carbonyl (C=O) groups is 1. The molecule has 0 unspecified atom stereocenters. The van der Waals surface area contributed by atoms with Crippen molar-refractivity contribution in [1.29, 1.82) is 0 Å². The second-order valence-corrected chi connectivity index (χ2v) is 7.78. The summed E-state index contributed by atoms with van der Waals surface area (Å²) in [5, 5.41) is 13.4. The minimum absolute atomic E-state index is 0.0105. The van der Waals surface area contributed by atoms with Crippen LogP contribution >= 0.6 is 23.8 Å². The Morgan fingerprint density at radius 2 is 1.81 bits per heavy atom. The number of nitrogens with zero attached hydrogens (tertiary/aromatic N) is 3. The van der Waals surface area contributed by atoms with E-state index in [4.69, 9.17) is 23.8 Å². The lowest BCUT2D eigenvalue weighted by molar-refractivity contribution is -0.116. The molecule has 3 aromatic carbocycles. The van der Waals surface area contributed by atoms with Gasteiger partial charge in [0.05, 0.1) is 11.1 Å². The van der Waals surface area contributed by atoms with Gasteiger partial charge in [-0.15, -0.1) is 0 Å². The Morgan fingerprint density at radius 3 is 2.65 bits per heavy atom. The zero-order valence-corrected chi connectivity index (χ0v) is 17.7. The average molecular weight is 446 g/mol. The predicted molar refractivity (Wildman–Crippen MR) is 126 cm³/mol. The minimum atomic E-state index is -0.222. The Hall–Kier alpha value is -3.55. The van der Waals surface area contributed by atoms with E-state index in [1.807, 2.05) is 72.8 Å². The number of aromatic nitrogens is 4. The van der Waals surface area contributed by atoms with Crippen LogP contribution in [-0.4, -0.2) is 25.7 Å². The van der Waals surface area contributed by atoms with Crippen LogP contribution in [0.1, 0.15) is 0 Å². The lowest BCUT2D eigenvalue weighted by Gasteiger charge is -2.11. The van der Waals surface area contributed by atoms with E-state index < -0.39 is 0 Å². The molecule has 0 radical (unpaired) electrons. The number of benzene rings is 3. The molecule has 0 aliphatic rings. The molecule has 1 amide bonds. The molecule has 31 heavy (non-hydrogen) atoms. The van der Waals surface area contributed by atoms with Crippen LogP contribution < -0.4 is 5.32 Å². The predicted octanol–water partition coefficient (Wildman–Crippen LogP) is 5.60. The van der Waals surface area contributed by atoms with E-state index in [0.717, 1.165) is 21.7 Å². The smallest absolute Gasteiger partial charge is 0.244 e. The largest absolute Gasteiger partial charge is 0.325 e. The summed E-state index contributed by atoms with van der Waals surface area (Å²) in [6.07, 6.45) is 0. The number of fused-ring (bicyclic) bond motifs is 3. The van der Waals surface area contributed by atoms with E-state index in [-0.39, 0.29) is 12.5 Å². The first kappa shape index (κ1) is 19.4. The molecular weight excluding hydrogens is 430 g/mol. The van der Waals surface area contributed by atoms with E-state index >= 15 is 0 Å². The van der Waals surface area contributed by atoms with Gasteiger partial charge >= 0.3 is 0 Å². The Balaban J connectivity index is 1.58. The third-order valence-electron chi connectivity index (χ3n) is 5.04. The van der Waals surface area contributed by atoms with Gasteiger partial charge in [-0.1, -0.05) is 60.1 Å². The van der Waals surface area contributed by atoms with Crippen molar-refractivity contribution in [3.8, 4) is 11.4 Å². The van der Waals surface area contributed by atoms with Crippen LogP contribution in [0.2, 0.25) is 5.15 Å². The molecule has 2 heterocycles. The van der Waals surface area contributed by atoms with Gasteiger partial charge in [-0.3, -0.25) is 14.5 Å². The van der Waals surface area contributed by atoms with Gasteiger partial charge in [0.25, 0.3) is 0 Å². The summed E-state index contributed by atoms with van der Waals surface area (Å²) in [6, 6.07) is 23.2. The van der Waals surface area contributed by atoms with Crippen molar-refractivity contribution in [1.82, 2.24) is 19.7 Å². The third-order valence-corrected chi connectivity index (χ3v) is 5.64. The maximum absolute atomic E-state index is 12.6. The van der Waals surface area contributed by atoms with Crippen molar-refractivity contribution in [2.45, 2.75) is 6.54 Å². The van der Waals surface area contributed by atoms with Crippen LogP contribution in [0.3, 0.4) is 0 Å². The maximum atomic E-state index is 12.6. The number of hydrogen-bond acceptors (Lipinski definition) is 4. The van der Waals surface area contributed by atoms with Gasteiger partial charge in [0.2, 0.25) is 5.91 Å². The normalized spacial score (nSPS) is 11.1. The molecule has 2 N–H and O–H groups in total. The molecule has 5 aromatic rings. The van der Waals surface area contributed by atoms with Gasteiger partial charge in [-0.25, -0.2) is 4.98 Å². The monoisotopic (exact) mass is 445 g/mol. The highest BCUT2D eigenvalue weighted by Gasteiger charge is 2.17. The number of anilines is 1. The number of halogens is 1. The lowest BCUT2D eigenvalue weighted by Crippen LogP contribution is -2.19. The van der Waals surface area contributed by atoms with E-state index in [0.29, 0.717) is 27.0 Å². The van der Waals surface area contributed by atoms with Crippen molar-refractivity contribution in [3.63, 3.8) is 0 Å². The molecule has 0 saturated heterocycles. The second-order valence-electron chi connectivity index (χ2n) is 7.03. The van der Waals surface area contributed by atoms with Crippen LogP contribution in [0.4, 0.5) is 5.69 Å². The number of carbonyl (C=O) groups excluding carboxylic acids is 1. The van der Waals surface area contributed by atoms with Crippen LogP contribution in [0.5, 0.6) is 0 Å².